The van der Waals surface area contributed by atoms with Crippen LogP contribution in [0.3, 0.4) is 0 Å². The Morgan fingerprint density at radius 2 is 1.02 bits per heavy atom. The van der Waals surface area contributed by atoms with Crippen molar-refractivity contribution in [2.24, 2.45) is 0 Å². The number of carbonyl (C=O) groups excluding carboxylic acids is 2. The predicted octanol–water partition coefficient (Wildman–Crippen LogP) is 4.95. The van der Waals surface area contributed by atoms with Crippen molar-refractivity contribution >= 4 is 11.6 Å². The van der Waals surface area contributed by atoms with Gasteiger partial charge in [0.2, 0.25) is 0 Å². The van der Waals surface area contributed by atoms with Crippen LogP contribution in [0.2, 0.25) is 0 Å². The SMILES string of the molecule is CC(C)N1CCc2ccc(CC(=O)c3cc(C(=O)Cc4ccc5c(c4)CCN(C(C)C)CC5)ncn3)cc2CC1. The second-order valence-electron chi connectivity index (χ2n) is 12.0. The summed E-state index contributed by atoms with van der Waals surface area (Å²) in [4.78, 5) is 39.8. The van der Waals surface area contributed by atoms with E-state index in [-0.39, 0.29) is 24.4 Å². The van der Waals surface area contributed by atoms with Crippen LogP contribution in [0.4, 0.5) is 0 Å². The van der Waals surface area contributed by atoms with Crippen LogP contribution in [-0.2, 0) is 38.5 Å². The lowest BCUT2D eigenvalue weighted by Crippen LogP contribution is -2.32. The van der Waals surface area contributed by atoms with E-state index in [0.717, 1.165) is 63.0 Å². The van der Waals surface area contributed by atoms with Gasteiger partial charge in [-0.05, 0) is 92.8 Å². The maximum atomic E-state index is 13.2. The van der Waals surface area contributed by atoms with Crippen LogP contribution >= 0.6 is 0 Å². The Balaban J connectivity index is 1.23. The van der Waals surface area contributed by atoms with Crippen LogP contribution in [0, 0.1) is 0 Å². The van der Waals surface area contributed by atoms with Crippen molar-refractivity contribution in [2.45, 2.75) is 78.3 Å². The van der Waals surface area contributed by atoms with E-state index in [1.54, 1.807) is 6.07 Å². The van der Waals surface area contributed by atoms with E-state index in [1.807, 2.05) is 0 Å². The normalized spacial score (nSPS) is 16.4. The number of nitrogens with zero attached hydrogens (tertiary/aromatic N) is 4. The molecule has 2 aromatic carbocycles. The van der Waals surface area contributed by atoms with Gasteiger partial charge in [-0.1, -0.05) is 36.4 Å². The third kappa shape index (κ3) is 6.73. The fourth-order valence-electron chi connectivity index (χ4n) is 6.06. The van der Waals surface area contributed by atoms with Gasteiger partial charge in [-0.25, -0.2) is 9.97 Å². The minimum absolute atomic E-state index is 0.0893. The first-order valence-electron chi connectivity index (χ1n) is 14.8. The Kier molecular flexibility index (Phi) is 8.87. The molecule has 2 aliphatic rings. The molecule has 0 saturated heterocycles. The summed E-state index contributed by atoms with van der Waals surface area (Å²) >= 11 is 0. The quantitative estimate of drug-likeness (QED) is 0.378. The van der Waals surface area contributed by atoms with Gasteiger partial charge in [-0.15, -0.1) is 0 Å². The summed E-state index contributed by atoms with van der Waals surface area (Å²) in [5.74, 6) is -0.179. The Bertz CT molecular complexity index is 1280. The van der Waals surface area contributed by atoms with Crippen molar-refractivity contribution in [3.8, 4) is 0 Å². The maximum Gasteiger partial charge on any atom is 0.185 e. The molecule has 0 bridgehead atoms. The molecule has 0 amide bonds. The number of Topliss-reactive ketones (excluding diaryl/α,β-unsaturated/α-hetero) is 2. The molecule has 2 aliphatic heterocycles. The largest absolute Gasteiger partial charge is 0.300 e. The first-order valence-corrected chi connectivity index (χ1v) is 14.8. The molecule has 6 heteroatoms. The average molecular weight is 539 g/mol. The monoisotopic (exact) mass is 538 g/mol. The lowest BCUT2D eigenvalue weighted by Gasteiger charge is -2.23. The van der Waals surface area contributed by atoms with Crippen LogP contribution < -0.4 is 0 Å². The Labute approximate surface area is 238 Å². The van der Waals surface area contributed by atoms with Gasteiger partial charge in [0, 0.05) is 51.1 Å². The second-order valence-corrected chi connectivity index (χ2v) is 12.0. The summed E-state index contributed by atoms with van der Waals surface area (Å²) in [7, 11) is 0. The van der Waals surface area contributed by atoms with Gasteiger partial charge in [-0.3, -0.25) is 9.59 Å². The molecule has 3 aromatic rings. The van der Waals surface area contributed by atoms with E-state index in [9.17, 15) is 9.59 Å². The summed E-state index contributed by atoms with van der Waals surface area (Å²) < 4.78 is 0. The summed E-state index contributed by atoms with van der Waals surface area (Å²) in [5, 5.41) is 0. The molecule has 0 atom stereocenters. The van der Waals surface area contributed by atoms with E-state index in [0.29, 0.717) is 23.5 Å². The van der Waals surface area contributed by atoms with Gasteiger partial charge in [0.25, 0.3) is 0 Å². The topological polar surface area (TPSA) is 66.4 Å². The van der Waals surface area contributed by atoms with Crippen molar-refractivity contribution in [2.75, 3.05) is 26.2 Å². The van der Waals surface area contributed by atoms with E-state index in [1.165, 1.54) is 28.6 Å². The van der Waals surface area contributed by atoms with Gasteiger partial charge in [-0.2, -0.15) is 0 Å². The number of carbonyl (C=O) groups is 2. The molecule has 0 saturated carbocycles. The molecule has 40 heavy (non-hydrogen) atoms. The molecule has 0 spiro atoms. The van der Waals surface area contributed by atoms with Crippen molar-refractivity contribution in [3.05, 3.63) is 93.6 Å². The van der Waals surface area contributed by atoms with Crippen molar-refractivity contribution in [3.63, 3.8) is 0 Å². The predicted molar refractivity (Wildman–Crippen MR) is 159 cm³/mol. The van der Waals surface area contributed by atoms with Crippen molar-refractivity contribution in [1.29, 1.82) is 0 Å². The fraction of sp³-hybridized carbons (Fsp3) is 0.471. The van der Waals surface area contributed by atoms with Crippen LogP contribution in [0.15, 0.2) is 48.8 Å². The summed E-state index contributed by atoms with van der Waals surface area (Å²) in [6, 6.07) is 15.5. The standard InChI is InChI=1S/C34H42N4O2/c1-23(2)37-13-9-27-7-5-25(17-29(27)11-15-37)19-33(39)31-21-32(36-22-35-31)34(40)20-26-6-8-28-10-14-38(24(3)4)16-12-30(28)18-26/h5-8,17-18,21-24H,9-16,19-20H2,1-4H3. The van der Waals surface area contributed by atoms with Crippen LogP contribution in [0.5, 0.6) is 0 Å². The number of fused-ring (bicyclic) bond motifs is 2. The highest BCUT2D eigenvalue weighted by Crippen LogP contribution is 2.22. The lowest BCUT2D eigenvalue weighted by atomic mass is 9.96. The van der Waals surface area contributed by atoms with E-state index in [4.69, 9.17) is 0 Å². The van der Waals surface area contributed by atoms with Gasteiger partial charge in [0.05, 0.1) is 0 Å². The number of benzene rings is 2. The molecular weight excluding hydrogens is 496 g/mol. The number of ketones is 2. The van der Waals surface area contributed by atoms with Crippen LogP contribution in [-0.4, -0.2) is 69.6 Å². The maximum absolute atomic E-state index is 13.2. The number of hydrogen-bond donors (Lipinski definition) is 0. The molecule has 5 rings (SSSR count). The fourth-order valence-corrected chi connectivity index (χ4v) is 6.06. The third-order valence-corrected chi connectivity index (χ3v) is 8.64. The van der Waals surface area contributed by atoms with Gasteiger partial charge >= 0.3 is 0 Å². The van der Waals surface area contributed by atoms with Gasteiger partial charge in [0.1, 0.15) is 17.7 Å². The third-order valence-electron chi connectivity index (χ3n) is 8.64. The van der Waals surface area contributed by atoms with E-state index in [2.05, 4.69) is 83.9 Å². The van der Waals surface area contributed by atoms with Crippen LogP contribution in [0.25, 0.3) is 0 Å². The smallest absolute Gasteiger partial charge is 0.185 e. The zero-order chi connectivity index (χ0) is 28.2. The molecule has 0 radical (unpaired) electrons. The Morgan fingerprint density at radius 1 is 0.625 bits per heavy atom. The van der Waals surface area contributed by atoms with Crippen molar-refractivity contribution in [1.82, 2.24) is 19.8 Å². The summed E-state index contributed by atoms with van der Waals surface area (Å²) in [5.41, 5.74) is 8.02. The molecule has 3 heterocycles. The van der Waals surface area contributed by atoms with Crippen molar-refractivity contribution < 1.29 is 9.59 Å². The second kappa shape index (κ2) is 12.5. The van der Waals surface area contributed by atoms with Gasteiger partial charge < -0.3 is 9.80 Å². The molecule has 0 unspecified atom stereocenters. The van der Waals surface area contributed by atoms with Gasteiger partial charge in [0.15, 0.2) is 11.6 Å². The Morgan fingerprint density at radius 3 is 1.43 bits per heavy atom. The molecular formula is C34H42N4O2. The molecule has 210 valence electrons. The lowest BCUT2D eigenvalue weighted by molar-refractivity contribution is 0.0987. The molecule has 1 aromatic heterocycles. The van der Waals surface area contributed by atoms with E-state index < -0.39 is 0 Å². The number of aromatic nitrogens is 2. The molecule has 6 nitrogen and oxygen atoms in total. The Hall–Kier alpha value is -3.22. The molecule has 0 aliphatic carbocycles. The highest BCUT2D eigenvalue weighted by Gasteiger charge is 2.20. The summed E-state index contributed by atoms with van der Waals surface area (Å²) in [6.07, 6.45) is 5.96. The highest BCUT2D eigenvalue weighted by molar-refractivity contribution is 6.00. The average Bonchev–Trinajstić information content (AvgIpc) is 3.29. The van der Waals surface area contributed by atoms with E-state index >= 15 is 0 Å². The summed E-state index contributed by atoms with van der Waals surface area (Å²) in [6.45, 7) is 13.2. The zero-order valence-corrected chi connectivity index (χ0v) is 24.4. The number of hydrogen-bond acceptors (Lipinski definition) is 6. The highest BCUT2D eigenvalue weighted by atomic mass is 16.1. The number of rotatable bonds is 8. The zero-order valence-electron chi connectivity index (χ0n) is 24.4. The molecule has 0 fully saturated rings. The first-order chi connectivity index (χ1) is 19.3. The first kappa shape index (κ1) is 28.3. The minimum atomic E-state index is -0.0893. The van der Waals surface area contributed by atoms with Crippen LogP contribution in [0.1, 0.15) is 82.1 Å². The molecule has 0 N–H and O–H groups in total. The minimum Gasteiger partial charge on any atom is -0.300 e.